The Balaban J connectivity index is 2.24. The van der Waals surface area contributed by atoms with Gasteiger partial charge in [-0.2, -0.15) is 0 Å². The lowest BCUT2D eigenvalue weighted by molar-refractivity contribution is 0.396. The summed E-state index contributed by atoms with van der Waals surface area (Å²) in [6, 6.07) is 4.03. The van der Waals surface area contributed by atoms with Crippen molar-refractivity contribution in [1.29, 1.82) is 0 Å². The van der Waals surface area contributed by atoms with Gasteiger partial charge in [0.1, 0.15) is 0 Å². The zero-order valence-corrected chi connectivity index (χ0v) is 10.3. The molecule has 0 fully saturated rings. The van der Waals surface area contributed by atoms with Crippen molar-refractivity contribution in [2.45, 2.75) is 37.5 Å². The van der Waals surface area contributed by atoms with Crippen LogP contribution in [0.25, 0.3) is 0 Å². The zero-order chi connectivity index (χ0) is 10.9. The van der Waals surface area contributed by atoms with Gasteiger partial charge in [-0.1, -0.05) is 26.2 Å². The first-order chi connectivity index (χ1) is 7.36. The van der Waals surface area contributed by atoms with E-state index in [4.69, 9.17) is 4.74 Å². The molecule has 0 unspecified atom stereocenters. The highest BCUT2D eigenvalue weighted by Crippen LogP contribution is 2.22. The highest BCUT2D eigenvalue weighted by Gasteiger charge is 1.97. The topological polar surface area (TPSA) is 22.1 Å². The maximum Gasteiger partial charge on any atom is 0.214 e. The summed E-state index contributed by atoms with van der Waals surface area (Å²) in [5.74, 6) is 1.89. The number of ether oxygens (including phenoxy) is 1. The Morgan fingerprint density at radius 3 is 2.93 bits per heavy atom. The Hall–Kier alpha value is -0.700. The molecule has 1 rings (SSSR count). The molecule has 15 heavy (non-hydrogen) atoms. The van der Waals surface area contributed by atoms with E-state index < -0.39 is 0 Å². The van der Waals surface area contributed by atoms with Crippen LogP contribution in [0.2, 0.25) is 0 Å². The molecule has 0 atom stereocenters. The van der Waals surface area contributed by atoms with Crippen LogP contribution in [0, 0.1) is 0 Å². The third-order valence-corrected chi connectivity index (χ3v) is 3.26. The lowest BCUT2D eigenvalue weighted by atomic mass is 10.2. The van der Waals surface area contributed by atoms with Crippen LogP contribution in [0.3, 0.4) is 0 Å². The van der Waals surface area contributed by atoms with E-state index in [2.05, 4.69) is 11.9 Å². The molecule has 1 heterocycles. The van der Waals surface area contributed by atoms with E-state index in [9.17, 15) is 0 Å². The molecular formula is C12H19NOS. The molecule has 0 aromatic carbocycles. The average molecular weight is 225 g/mol. The Morgan fingerprint density at radius 1 is 1.33 bits per heavy atom. The molecule has 0 aliphatic heterocycles. The van der Waals surface area contributed by atoms with Crippen LogP contribution in [-0.4, -0.2) is 17.8 Å². The largest absolute Gasteiger partial charge is 0.481 e. The Kier molecular flexibility index (Phi) is 6.25. The quantitative estimate of drug-likeness (QED) is 0.521. The van der Waals surface area contributed by atoms with E-state index in [-0.39, 0.29) is 0 Å². The molecule has 0 radical (unpaired) electrons. The van der Waals surface area contributed by atoms with Crippen LogP contribution in [0.1, 0.15) is 32.6 Å². The van der Waals surface area contributed by atoms with Crippen molar-refractivity contribution in [2.24, 2.45) is 0 Å². The minimum absolute atomic E-state index is 0.702. The molecule has 0 N–H and O–H groups in total. The lowest BCUT2D eigenvalue weighted by Gasteiger charge is -2.03. The fraction of sp³-hybridized carbons (Fsp3) is 0.583. The van der Waals surface area contributed by atoms with Crippen molar-refractivity contribution in [1.82, 2.24) is 4.98 Å². The van der Waals surface area contributed by atoms with Gasteiger partial charge in [-0.25, -0.2) is 4.98 Å². The molecule has 3 heteroatoms. The van der Waals surface area contributed by atoms with Crippen molar-refractivity contribution in [2.75, 3.05) is 12.9 Å². The summed E-state index contributed by atoms with van der Waals surface area (Å²) in [5, 5.41) is 0. The Bertz CT molecular complexity index is 278. The number of hydrogen-bond donors (Lipinski definition) is 0. The van der Waals surface area contributed by atoms with Gasteiger partial charge in [0.05, 0.1) is 7.11 Å². The molecule has 0 aliphatic carbocycles. The molecule has 2 nitrogen and oxygen atoms in total. The van der Waals surface area contributed by atoms with Gasteiger partial charge in [0.25, 0.3) is 0 Å². The van der Waals surface area contributed by atoms with Crippen LogP contribution in [0.5, 0.6) is 5.88 Å². The number of pyridine rings is 1. The van der Waals surface area contributed by atoms with Crippen LogP contribution in [0.15, 0.2) is 23.2 Å². The first-order valence-corrected chi connectivity index (χ1v) is 6.48. The van der Waals surface area contributed by atoms with Crippen molar-refractivity contribution in [3.63, 3.8) is 0 Å². The molecule has 1 aromatic heterocycles. The summed E-state index contributed by atoms with van der Waals surface area (Å²) < 4.78 is 5.08. The molecule has 1 aromatic rings. The van der Waals surface area contributed by atoms with Gasteiger partial charge in [-0.05, 0) is 18.2 Å². The van der Waals surface area contributed by atoms with Gasteiger partial charge >= 0.3 is 0 Å². The van der Waals surface area contributed by atoms with E-state index in [1.807, 2.05) is 23.9 Å². The highest BCUT2D eigenvalue weighted by atomic mass is 32.2. The Morgan fingerprint density at radius 2 is 2.20 bits per heavy atom. The predicted molar refractivity (Wildman–Crippen MR) is 65.7 cm³/mol. The second kappa shape index (κ2) is 7.57. The number of thioether (sulfide) groups is 1. The summed E-state index contributed by atoms with van der Waals surface area (Å²) in [7, 11) is 1.65. The Labute approximate surface area is 96.4 Å². The second-order valence-electron chi connectivity index (χ2n) is 3.44. The van der Waals surface area contributed by atoms with Gasteiger partial charge in [-0.15, -0.1) is 11.8 Å². The van der Waals surface area contributed by atoms with Gasteiger partial charge in [0.2, 0.25) is 5.88 Å². The van der Waals surface area contributed by atoms with E-state index in [1.54, 1.807) is 13.3 Å². The van der Waals surface area contributed by atoms with E-state index in [1.165, 1.54) is 36.3 Å². The fourth-order valence-corrected chi connectivity index (χ4v) is 2.24. The standard InChI is InChI=1S/C12H19NOS/c1-3-4-5-6-9-15-11-7-8-13-12(10-11)14-2/h7-8,10H,3-6,9H2,1-2H3. The van der Waals surface area contributed by atoms with Crippen molar-refractivity contribution < 1.29 is 4.74 Å². The fourth-order valence-electron chi connectivity index (χ4n) is 1.31. The molecule has 0 aliphatic rings. The lowest BCUT2D eigenvalue weighted by Crippen LogP contribution is -1.87. The van der Waals surface area contributed by atoms with E-state index in [0.29, 0.717) is 5.88 Å². The second-order valence-corrected chi connectivity index (χ2v) is 4.61. The maximum atomic E-state index is 5.08. The zero-order valence-electron chi connectivity index (χ0n) is 9.53. The van der Waals surface area contributed by atoms with E-state index in [0.717, 1.165) is 0 Å². The SMILES string of the molecule is CCCCCCSc1ccnc(OC)c1. The van der Waals surface area contributed by atoms with E-state index >= 15 is 0 Å². The predicted octanol–water partition coefficient (Wildman–Crippen LogP) is 3.76. The molecule has 0 saturated heterocycles. The molecule has 84 valence electrons. The van der Waals surface area contributed by atoms with Gasteiger partial charge in [0, 0.05) is 17.2 Å². The molecule has 0 spiro atoms. The number of aromatic nitrogens is 1. The number of unbranched alkanes of at least 4 members (excludes halogenated alkanes) is 3. The molecule has 0 saturated carbocycles. The summed E-state index contributed by atoms with van der Waals surface area (Å²) in [4.78, 5) is 5.33. The number of nitrogens with zero attached hydrogens (tertiary/aromatic N) is 1. The summed E-state index contributed by atoms with van der Waals surface area (Å²) >= 11 is 1.88. The van der Waals surface area contributed by atoms with Gasteiger partial charge in [0.15, 0.2) is 0 Å². The van der Waals surface area contributed by atoms with Crippen molar-refractivity contribution in [3.05, 3.63) is 18.3 Å². The number of methoxy groups -OCH3 is 1. The van der Waals surface area contributed by atoms with Crippen LogP contribution < -0.4 is 4.74 Å². The summed E-state index contributed by atoms with van der Waals surface area (Å²) in [5.41, 5.74) is 0. The summed E-state index contributed by atoms with van der Waals surface area (Å²) in [6.07, 6.45) is 7.08. The first-order valence-electron chi connectivity index (χ1n) is 5.49. The maximum absolute atomic E-state index is 5.08. The number of hydrogen-bond acceptors (Lipinski definition) is 3. The average Bonchev–Trinajstić information content (AvgIpc) is 2.29. The first kappa shape index (κ1) is 12.4. The van der Waals surface area contributed by atoms with Crippen molar-refractivity contribution in [3.8, 4) is 5.88 Å². The van der Waals surface area contributed by atoms with Crippen molar-refractivity contribution >= 4 is 11.8 Å². The molecular weight excluding hydrogens is 206 g/mol. The number of rotatable bonds is 7. The van der Waals surface area contributed by atoms with Crippen LogP contribution in [-0.2, 0) is 0 Å². The molecule has 0 bridgehead atoms. The third-order valence-electron chi connectivity index (χ3n) is 2.18. The highest BCUT2D eigenvalue weighted by molar-refractivity contribution is 7.99. The minimum atomic E-state index is 0.702. The summed E-state index contributed by atoms with van der Waals surface area (Å²) in [6.45, 7) is 2.24. The van der Waals surface area contributed by atoms with Gasteiger partial charge < -0.3 is 4.74 Å². The minimum Gasteiger partial charge on any atom is -0.481 e. The monoisotopic (exact) mass is 225 g/mol. The normalized spacial score (nSPS) is 10.3. The molecule has 0 amide bonds. The van der Waals surface area contributed by atoms with Crippen LogP contribution >= 0.6 is 11.8 Å². The van der Waals surface area contributed by atoms with Gasteiger partial charge in [-0.3, -0.25) is 0 Å². The third kappa shape index (κ3) is 5.07. The smallest absolute Gasteiger partial charge is 0.214 e. The van der Waals surface area contributed by atoms with Crippen LogP contribution in [0.4, 0.5) is 0 Å².